The first kappa shape index (κ1) is 13.7. The molecule has 1 saturated heterocycles. The van der Waals surface area contributed by atoms with E-state index in [0.29, 0.717) is 6.42 Å². The van der Waals surface area contributed by atoms with Gasteiger partial charge >= 0.3 is 5.69 Å². The van der Waals surface area contributed by atoms with Crippen LogP contribution in [0.25, 0.3) is 0 Å². The van der Waals surface area contributed by atoms with E-state index in [4.69, 9.17) is 9.94 Å². The molecule has 2 atom stereocenters. The van der Waals surface area contributed by atoms with Crippen LogP contribution >= 0.6 is 0 Å². The summed E-state index contributed by atoms with van der Waals surface area (Å²) in [6.07, 6.45) is 1.51. The van der Waals surface area contributed by atoms with E-state index in [2.05, 4.69) is 10.3 Å². The molecule has 1 aliphatic heterocycles. The number of nitrogens with one attached hydrogen (secondary N) is 1. The molecule has 0 unspecified atom stereocenters. The first-order valence-corrected chi connectivity index (χ1v) is 5.88. The molecule has 0 saturated carbocycles. The van der Waals surface area contributed by atoms with Gasteiger partial charge in [0.05, 0.1) is 12.6 Å². The number of carbonyl (C=O) groups excluding carboxylic acids is 1. The topological polar surface area (TPSA) is 96.7 Å². The van der Waals surface area contributed by atoms with Gasteiger partial charge in [0.15, 0.2) is 6.23 Å². The summed E-state index contributed by atoms with van der Waals surface area (Å²) in [7, 11) is 1.70. The van der Waals surface area contributed by atoms with E-state index in [1.165, 1.54) is 28.8 Å². The lowest BCUT2D eigenvalue weighted by Crippen LogP contribution is -2.28. The summed E-state index contributed by atoms with van der Waals surface area (Å²) in [5.41, 5.74) is -0.511. The Morgan fingerprint density at radius 1 is 1.68 bits per heavy atom. The molecular weight excluding hydrogens is 252 g/mol. The van der Waals surface area contributed by atoms with E-state index < -0.39 is 11.9 Å². The minimum atomic E-state index is -0.511. The Bertz CT molecular complexity index is 530. The molecule has 2 rings (SSSR count). The number of nitrogens with zero attached hydrogens (tertiary/aromatic N) is 3. The van der Waals surface area contributed by atoms with E-state index in [9.17, 15) is 9.59 Å². The Hall–Kier alpha value is -1.77. The van der Waals surface area contributed by atoms with Gasteiger partial charge in [-0.05, 0) is 6.07 Å². The molecule has 1 aromatic heterocycles. The average molecular weight is 268 g/mol. The molecule has 8 nitrogen and oxygen atoms in total. The Morgan fingerprint density at radius 3 is 2.95 bits per heavy atom. The molecule has 104 valence electrons. The van der Waals surface area contributed by atoms with E-state index in [1.807, 2.05) is 0 Å². The maximum atomic E-state index is 11.8. The standard InChI is InChI=1S/C11H16N4O4/c1-7(17)12-9-3-4-15(11(18)13-9)10-5-8(6-16)14(2)19-10/h3-4,8,10,16H,5-6H2,1-2H3,(H,12,13,17,18)/t8-,10+/m0/s1. The number of hydroxylamine groups is 2. The van der Waals surface area contributed by atoms with Crippen molar-refractivity contribution in [3.05, 3.63) is 22.7 Å². The van der Waals surface area contributed by atoms with Crippen LogP contribution in [-0.2, 0) is 9.63 Å². The van der Waals surface area contributed by atoms with Crippen LogP contribution < -0.4 is 11.0 Å². The first-order chi connectivity index (χ1) is 9.01. The highest BCUT2D eigenvalue weighted by atomic mass is 16.7. The molecule has 0 spiro atoms. The van der Waals surface area contributed by atoms with E-state index in [1.54, 1.807) is 7.05 Å². The van der Waals surface area contributed by atoms with Crippen molar-refractivity contribution < 1.29 is 14.7 Å². The van der Waals surface area contributed by atoms with Gasteiger partial charge in [0.2, 0.25) is 5.91 Å². The zero-order valence-electron chi connectivity index (χ0n) is 10.7. The zero-order chi connectivity index (χ0) is 14.0. The number of carbonyl (C=O) groups is 1. The molecule has 1 fully saturated rings. The van der Waals surface area contributed by atoms with Crippen LogP contribution in [0.1, 0.15) is 19.6 Å². The van der Waals surface area contributed by atoms with Crippen molar-refractivity contribution in [3.8, 4) is 0 Å². The van der Waals surface area contributed by atoms with Gasteiger partial charge in [0, 0.05) is 26.6 Å². The van der Waals surface area contributed by atoms with Crippen molar-refractivity contribution in [3.63, 3.8) is 0 Å². The van der Waals surface area contributed by atoms with Gasteiger partial charge in [0.25, 0.3) is 0 Å². The Kier molecular flexibility index (Phi) is 3.93. The molecule has 1 aromatic rings. The van der Waals surface area contributed by atoms with Gasteiger partial charge in [-0.15, -0.1) is 0 Å². The van der Waals surface area contributed by atoms with Gasteiger partial charge in [-0.1, -0.05) is 0 Å². The van der Waals surface area contributed by atoms with Crippen LogP contribution in [0.2, 0.25) is 0 Å². The fourth-order valence-electron chi connectivity index (χ4n) is 1.94. The minimum absolute atomic E-state index is 0.0425. The molecule has 8 heteroatoms. The normalized spacial score (nSPS) is 23.5. The van der Waals surface area contributed by atoms with Crippen molar-refractivity contribution >= 4 is 11.7 Å². The Labute approximate surface area is 109 Å². The first-order valence-electron chi connectivity index (χ1n) is 5.88. The summed E-state index contributed by atoms with van der Waals surface area (Å²) >= 11 is 0. The molecule has 0 bridgehead atoms. The molecule has 0 radical (unpaired) electrons. The molecule has 1 aliphatic rings. The Morgan fingerprint density at radius 2 is 2.42 bits per heavy atom. The lowest BCUT2D eigenvalue weighted by molar-refractivity contribution is -0.170. The molecule has 2 heterocycles. The third-order valence-electron chi connectivity index (χ3n) is 2.93. The second kappa shape index (κ2) is 5.47. The monoisotopic (exact) mass is 268 g/mol. The molecule has 19 heavy (non-hydrogen) atoms. The number of anilines is 1. The number of aromatic nitrogens is 2. The molecule has 0 aromatic carbocycles. The van der Waals surface area contributed by atoms with Gasteiger partial charge in [-0.3, -0.25) is 14.2 Å². The van der Waals surface area contributed by atoms with Gasteiger partial charge in [-0.25, -0.2) is 4.79 Å². The summed E-state index contributed by atoms with van der Waals surface area (Å²) in [6, 6.07) is 1.38. The van der Waals surface area contributed by atoms with Crippen molar-refractivity contribution in [2.24, 2.45) is 0 Å². The number of likely N-dealkylation sites (N-methyl/N-ethyl adjacent to an activating group) is 1. The smallest absolute Gasteiger partial charge is 0.351 e. The SMILES string of the molecule is CC(=O)Nc1ccn([C@H]2C[C@@H](CO)N(C)O2)c(=O)n1. The van der Waals surface area contributed by atoms with Crippen molar-refractivity contribution in [1.29, 1.82) is 0 Å². The quantitative estimate of drug-likeness (QED) is 0.754. The van der Waals surface area contributed by atoms with Gasteiger partial charge in [-0.2, -0.15) is 10.0 Å². The van der Waals surface area contributed by atoms with Crippen LogP contribution in [0.15, 0.2) is 17.1 Å². The maximum absolute atomic E-state index is 11.8. The lowest BCUT2D eigenvalue weighted by atomic mass is 10.2. The Balaban J connectivity index is 2.18. The zero-order valence-corrected chi connectivity index (χ0v) is 10.7. The van der Waals surface area contributed by atoms with E-state index >= 15 is 0 Å². The van der Waals surface area contributed by atoms with Crippen LogP contribution in [0.4, 0.5) is 5.82 Å². The van der Waals surface area contributed by atoms with Crippen molar-refractivity contribution in [2.75, 3.05) is 19.0 Å². The number of rotatable bonds is 3. The molecular formula is C11H16N4O4. The van der Waals surface area contributed by atoms with Crippen LogP contribution in [0.5, 0.6) is 0 Å². The average Bonchev–Trinajstić information content (AvgIpc) is 2.69. The number of hydrogen-bond donors (Lipinski definition) is 2. The highest BCUT2D eigenvalue weighted by Crippen LogP contribution is 2.26. The van der Waals surface area contributed by atoms with E-state index in [-0.39, 0.29) is 24.4 Å². The summed E-state index contributed by atoms with van der Waals surface area (Å²) in [5.74, 6) is -0.0827. The fourth-order valence-corrected chi connectivity index (χ4v) is 1.94. The highest BCUT2D eigenvalue weighted by molar-refractivity contribution is 5.87. The third kappa shape index (κ3) is 2.98. The third-order valence-corrected chi connectivity index (χ3v) is 2.93. The van der Waals surface area contributed by atoms with E-state index in [0.717, 1.165) is 0 Å². The largest absolute Gasteiger partial charge is 0.395 e. The lowest BCUT2D eigenvalue weighted by Gasteiger charge is -2.15. The summed E-state index contributed by atoms with van der Waals surface area (Å²) < 4.78 is 1.33. The predicted molar refractivity (Wildman–Crippen MR) is 66.2 cm³/mol. The second-order valence-electron chi connectivity index (χ2n) is 4.36. The number of hydrogen-bond acceptors (Lipinski definition) is 6. The predicted octanol–water partition coefficient (Wildman–Crippen LogP) is -0.672. The van der Waals surface area contributed by atoms with Crippen molar-refractivity contribution in [2.45, 2.75) is 25.6 Å². The van der Waals surface area contributed by atoms with Crippen LogP contribution in [-0.4, -0.2) is 45.3 Å². The van der Waals surface area contributed by atoms with Crippen LogP contribution in [0.3, 0.4) is 0 Å². The minimum Gasteiger partial charge on any atom is -0.395 e. The summed E-state index contributed by atoms with van der Waals surface area (Å²) in [5, 5.41) is 13.1. The molecule has 2 N–H and O–H groups in total. The fraction of sp³-hybridized carbons (Fsp3) is 0.545. The number of amides is 1. The molecule has 0 aliphatic carbocycles. The van der Waals surface area contributed by atoms with Gasteiger partial charge in [0.1, 0.15) is 5.82 Å². The van der Waals surface area contributed by atoms with Crippen molar-refractivity contribution in [1.82, 2.24) is 14.6 Å². The van der Waals surface area contributed by atoms with Crippen LogP contribution in [0, 0.1) is 0 Å². The number of aliphatic hydroxyl groups excluding tert-OH is 1. The maximum Gasteiger partial charge on any atom is 0.351 e. The number of aliphatic hydroxyl groups is 1. The summed E-state index contributed by atoms with van der Waals surface area (Å²) in [6.45, 7) is 1.30. The summed E-state index contributed by atoms with van der Waals surface area (Å²) in [4.78, 5) is 31.9. The highest BCUT2D eigenvalue weighted by Gasteiger charge is 2.32. The molecule has 1 amide bonds. The second-order valence-corrected chi connectivity index (χ2v) is 4.36. The van der Waals surface area contributed by atoms with Gasteiger partial charge < -0.3 is 10.4 Å².